The van der Waals surface area contributed by atoms with Crippen LogP contribution in [0.25, 0.3) is 21.9 Å². The zero-order chi connectivity index (χ0) is 53.4. The van der Waals surface area contributed by atoms with E-state index in [0.717, 1.165) is 19.3 Å². The Morgan fingerprint density at radius 3 is 1.77 bits per heavy atom. The molecule has 4 heterocycles. The molecule has 2 aliphatic carbocycles. The molecule has 14 rings (SSSR count). The molecule has 77 heavy (non-hydrogen) atoms. The third-order valence-corrected chi connectivity index (χ3v) is 20.9. The predicted molar refractivity (Wildman–Crippen MR) is 327 cm³/mol. The average Bonchev–Trinajstić information content (AvgIpc) is 3.95. The predicted octanol–water partition coefficient (Wildman–Crippen LogP) is 20.2. The summed E-state index contributed by atoms with van der Waals surface area (Å²) in [6.07, 6.45) is 9.49. The van der Waals surface area contributed by atoms with Gasteiger partial charge in [0.15, 0.2) is 0 Å². The molecule has 0 spiro atoms. The second kappa shape index (κ2) is 16.2. The lowest BCUT2D eigenvalue weighted by Crippen LogP contribution is -2.57. The molecule has 5 atom stereocenters. The highest BCUT2D eigenvalue weighted by Gasteiger charge is 2.64. The molecule has 6 aliphatic rings. The van der Waals surface area contributed by atoms with Gasteiger partial charge in [0.05, 0.1) is 33.8 Å². The summed E-state index contributed by atoms with van der Waals surface area (Å²) < 4.78 is 0. The number of fused-ring (bicyclic) bond motifs is 11. The Bertz CT molecular complexity index is 3750. The summed E-state index contributed by atoms with van der Waals surface area (Å²) in [7, 11) is 0. The van der Waals surface area contributed by atoms with Gasteiger partial charge >= 0.3 is 0 Å². The minimum atomic E-state index is -0.249. The Kier molecular flexibility index (Phi) is 10.3. The molecule has 8 aromatic carbocycles. The molecule has 0 bridgehead atoms. The van der Waals surface area contributed by atoms with Crippen molar-refractivity contribution in [3.8, 4) is 11.1 Å². The first-order valence-electron chi connectivity index (χ1n) is 29.4. The third kappa shape index (κ3) is 6.61. The number of rotatable bonds is 4. The summed E-state index contributed by atoms with van der Waals surface area (Å²) in [5.41, 5.74) is 24.2. The second-order valence-electron chi connectivity index (χ2n) is 28.2. The Morgan fingerprint density at radius 1 is 0.429 bits per heavy atom. The van der Waals surface area contributed by atoms with Crippen LogP contribution in [-0.4, -0.2) is 11.1 Å². The molecule has 2 fully saturated rings. The SMILES string of the molecule is CC(C)(C)c1ccc(N2c3ccc(C(C)(C)C)cc3C3c4cccc5c4N(c4cc(N6c7ccc(C(C)(C)C)cc7C7(c8ccccc8)CCCCC67C)cc2c43)C2(C)CCCCC52C)c(-c2ccc3ccccc3c2)c1. The maximum atomic E-state index is 2.95. The van der Waals surface area contributed by atoms with Crippen LogP contribution in [0.4, 0.5) is 39.8 Å². The fourth-order valence-corrected chi connectivity index (χ4v) is 16.5. The summed E-state index contributed by atoms with van der Waals surface area (Å²) >= 11 is 0. The maximum Gasteiger partial charge on any atom is 0.0561 e. The van der Waals surface area contributed by atoms with Gasteiger partial charge in [0.2, 0.25) is 0 Å². The van der Waals surface area contributed by atoms with Gasteiger partial charge in [-0.3, -0.25) is 0 Å². The Morgan fingerprint density at radius 2 is 1.04 bits per heavy atom. The van der Waals surface area contributed by atoms with Crippen LogP contribution in [0.15, 0.2) is 158 Å². The Labute approximate surface area is 460 Å². The number of anilines is 7. The van der Waals surface area contributed by atoms with Gasteiger partial charge in [0.25, 0.3) is 0 Å². The molecule has 8 aromatic rings. The summed E-state index contributed by atoms with van der Waals surface area (Å²) in [4.78, 5) is 8.60. The standard InChI is InChI=1S/C74H79N3/c1-68(2,3)51-31-34-60(56(42-51)49-30-29-47-23-16-17-24-48(47)41-49)75-61-35-32-52(69(4,5)6)43-57(61)65-55-27-22-28-58-67(55)77(72(11)38-19-18-37-71(58,72)10)64-46-54(45-63(75)66(64)65)76-62-36-33-53(70(7,8)9)44-59(62)74(50-25-14-13-15-26-50)40-21-20-39-73(74,76)12/h13-17,22-36,41-46,65H,18-21,37-40H2,1-12H3. The number of benzene rings is 8. The first-order valence-corrected chi connectivity index (χ1v) is 29.4. The van der Waals surface area contributed by atoms with Crippen molar-refractivity contribution >= 4 is 50.6 Å². The number of hydrogen-bond donors (Lipinski definition) is 0. The van der Waals surface area contributed by atoms with E-state index in [4.69, 9.17) is 0 Å². The van der Waals surface area contributed by atoms with E-state index in [1.54, 1.807) is 5.56 Å². The average molecular weight is 1010 g/mol. The largest absolute Gasteiger partial charge is 0.334 e. The van der Waals surface area contributed by atoms with Gasteiger partial charge in [-0.2, -0.15) is 0 Å². The lowest BCUT2D eigenvalue weighted by molar-refractivity contribution is 0.194. The zero-order valence-corrected chi connectivity index (χ0v) is 48.1. The van der Waals surface area contributed by atoms with E-state index in [1.807, 2.05) is 0 Å². The first-order chi connectivity index (χ1) is 36.7. The van der Waals surface area contributed by atoms with Crippen LogP contribution in [-0.2, 0) is 27.1 Å². The van der Waals surface area contributed by atoms with Gasteiger partial charge in [0.1, 0.15) is 0 Å². The smallest absolute Gasteiger partial charge is 0.0561 e. The van der Waals surface area contributed by atoms with E-state index >= 15 is 0 Å². The van der Waals surface area contributed by atoms with Crippen LogP contribution in [0, 0.1) is 0 Å². The van der Waals surface area contributed by atoms with E-state index < -0.39 is 0 Å². The molecule has 2 saturated carbocycles. The molecule has 5 unspecified atom stereocenters. The van der Waals surface area contributed by atoms with Gasteiger partial charge in [0, 0.05) is 44.9 Å². The van der Waals surface area contributed by atoms with Gasteiger partial charge < -0.3 is 14.7 Å². The molecule has 0 amide bonds. The van der Waals surface area contributed by atoms with Gasteiger partial charge in [-0.25, -0.2) is 0 Å². The fourth-order valence-electron chi connectivity index (χ4n) is 16.5. The number of nitrogens with zero attached hydrogens (tertiary/aromatic N) is 3. The molecule has 0 radical (unpaired) electrons. The highest BCUT2D eigenvalue weighted by molar-refractivity contribution is 6.02. The van der Waals surface area contributed by atoms with Crippen molar-refractivity contribution in [1.29, 1.82) is 0 Å². The van der Waals surface area contributed by atoms with E-state index in [2.05, 4.69) is 256 Å². The van der Waals surface area contributed by atoms with Crippen molar-refractivity contribution in [2.45, 2.75) is 179 Å². The van der Waals surface area contributed by atoms with Crippen LogP contribution in [0.3, 0.4) is 0 Å². The van der Waals surface area contributed by atoms with Crippen molar-refractivity contribution in [2.24, 2.45) is 0 Å². The monoisotopic (exact) mass is 1010 g/mol. The van der Waals surface area contributed by atoms with E-state index in [-0.39, 0.29) is 44.1 Å². The number of hydrogen-bond acceptors (Lipinski definition) is 3. The van der Waals surface area contributed by atoms with Crippen molar-refractivity contribution in [2.75, 3.05) is 14.7 Å². The van der Waals surface area contributed by atoms with Crippen molar-refractivity contribution in [3.05, 3.63) is 208 Å². The zero-order valence-electron chi connectivity index (χ0n) is 48.1. The Balaban J connectivity index is 1.13. The molecular formula is C74H79N3. The molecule has 4 aliphatic heterocycles. The van der Waals surface area contributed by atoms with Gasteiger partial charge in [-0.15, -0.1) is 0 Å². The maximum absolute atomic E-state index is 2.95. The van der Waals surface area contributed by atoms with Crippen molar-refractivity contribution < 1.29 is 0 Å². The highest BCUT2D eigenvalue weighted by Crippen LogP contribution is 2.71. The minimum Gasteiger partial charge on any atom is -0.334 e. The Hall–Kier alpha value is -6.58. The normalized spacial score (nSPS) is 25.0. The quantitative estimate of drug-likeness (QED) is 0.174. The minimum absolute atomic E-state index is 0.00377. The molecule has 390 valence electrons. The van der Waals surface area contributed by atoms with Crippen molar-refractivity contribution in [1.82, 2.24) is 0 Å². The van der Waals surface area contributed by atoms with E-state index in [1.165, 1.54) is 138 Å². The number of para-hydroxylation sites is 1. The second-order valence-corrected chi connectivity index (χ2v) is 28.2. The molecular weight excluding hydrogens is 931 g/mol. The van der Waals surface area contributed by atoms with Gasteiger partial charge in [-0.1, -0.05) is 210 Å². The third-order valence-electron chi connectivity index (χ3n) is 20.9. The van der Waals surface area contributed by atoms with Crippen LogP contribution in [0.5, 0.6) is 0 Å². The first kappa shape index (κ1) is 48.8. The summed E-state index contributed by atoms with van der Waals surface area (Å²) in [5.74, 6) is 0.0491. The summed E-state index contributed by atoms with van der Waals surface area (Å²) in [6.45, 7) is 29.3. The molecule has 3 nitrogen and oxygen atoms in total. The highest BCUT2D eigenvalue weighted by atomic mass is 15.3. The van der Waals surface area contributed by atoms with E-state index in [0.29, 0.717) is 0 Å². The fraction of sp³-hybridized carbons (Fsp3) is 0.378. The summed E-state index contributed by atoms with van der Waals surface area (Å²) in [5, 5.41) is 2.53. The molecule has 3 heteroatoms. The van der Waals surface area contributed by atoms with Crippen LogP contribution in [0.2, 0.25) is 0 Å². The molecule has 0 N–H and O–H groups in total. The van der Waals surface area contributed by atoms with Crippen molar-refractivity contribution in [3.63, 3.8) is 0 Å². The summed E-state index contributed by atoms with van der Waals surface area (Å²) in [6, 6.07) is 63.2. The van der Waals surface area contributed by atoms with Crippen LogP contribution in [0.1, 0.15) is 190 Å². The lowest BCUT2D eigenvalue weighted by atomic mass is 9.57. The topological polar surface area (TPSA) is 9.72 Å². The van der Waals surface area contributed by atoms with E-state index in [9.17, 15) is 0 Å². The lowest BCUT2D eigenvalue weighted by Gasteiger charge is -2.54. The molecule has 0 saturated heterocycles. The van der Waals surface area contributed by atoms with Crippen LogP contribution < -0.4 is 14.7 Å². The van der Waals surface area contributed by atoms with Gasteiger partial charge in [-0.05, 0) is 159 Å². The molecule has 0 aromatic heterocycles. The van der Waals surface area contributed by atoms with Crippen LogP contribution >= 0.6 is 0 Å².